The third-order valence-electron chi connectivity index (χ3n) is 3.40. The highest BCUT2D eigenvalue weighted by atomic mass is 16.1. The average Bonchev–Trinajstić information content (AvgIpc) is 2.38. The quantitative estimate of drug-likeness (QED) is 0.433. The lowest BCUT2D eigenvalue weighted by molar-refractivity contribution is 0.101. The number of hydrogen-bond donors (Lipinski definition) is 0. The van der Waals surface area contributed by atoms with Gasteiger partial charge in [0.2, 0.25) is 0 Å². The number of rotatable bonds is 9. The van der Waals surface area contributed by atoms with Crippen LogP contribution in [-0.4, -0.2) is 5.78 Å². The van der Waals surface area contributed by atoms with Gasteiger partial charge >= 0.3 is 0 Å². The van der Waals surface area contributed by atoms with Crippen LogP contribution in [0.1, 0.15) is 74.7 Å². The van der Waals surface area contributed by atoms with Crippen molar-refractivity contribution >= 4 is 5.78 Å². The first-order chi connectivity index (χ1) is 8.74. The third-order valence-corrected chi connectivity index (χ3v) is 3.40. The van der Waals surface area contributed by atoms with E-state index in [2.05, 4.69) is 13.0 Å². The summed E-state index contributed by atoms with van der Waals surface area (Å²) in [7, 11) is 0. The monoisotopic (exact) mass is 246 g/mol. The largest absolute Gasteiger partial charge is 0.295 e. The Morgan fingerprint density at radius 1 is 1.00 bits per heavy atom. The van der Waals surface area contributed by atoms with Gasteiger partial charge in [-0.2, -0.15) is 0 Å². The molecule has 0 amide bonds. The minimum absolute atomic E-state index is 0.163. The third kappa shape index (κ3) is 6.00. The first-order valence-electron chi connectivity index (χ1n) is 7.34. The van der Waals surface area contributed by atoms with Crippen LogP contribution >= 0.6 is 0 Å². The topological polar surface area (TPSA) is 17.1 Å². The van der Waals surface area contributed by atoms with Crippen LogP contribution in [0.2, 0.25) is 0 Å². The Morgan fingerprint density at radius 2 is 1.67 bits per heavy atom. The highest BCUT2D eigenvalue weighted by molar-refractivity contribution is 5.94. The Balaban J connectivity index is 2.19. The van der Waals surface area contributed by atoms with E-state index in [4.69, 9.17) is 0 Å². The molecule has 1 heteroatoms. The molecule has 0 aliphatic heterocycles. The predicted octanol–water partition coefficient (Wildman–Crippen LogP) is 5.18. The van der Waals surface area contributed by atoms with Gasteiger partial charge in [0.05, 0.1) is 0 Å². The van der Waals surface area contributed by atoms with Crippen molar-refractivity contribution in [3.63, 3.8) is 0 Å². The fourth-order valence-corrected chi connectivity index (χ4v) is 2.23. The van der Waals surface area contributed by atoms with Crippen LogP contribution in [-0.2, 0) is 6.42 Å². The Morgan fingerprint density at radius 3 is 2.33 bits per heavy atom. The normalized spacial score (nSPS) is 10.6. The molecule has 0 heterocycles. The minimum Gasteiger partial charge on any atom is -0.295 e. The summed E-state index contributed by atoms with van der Waals surface area (Å²) in [5, 5.41) is 0. The van der Waals surface area contributed by atoms with E-state index >= 15 is 0 Å². The summed E-state index contributed by atoms with van der Waals surface area (Å²) in [5.41, 5.74) is 2.15. The van der Waals surface area contributed by atoms with Gasteiger partial charge in [-0.25, -0.2) is 0 Å². The van der Waals surface area contributed by atoms with Crippen LogP contribution < -0.4 is 0 Å². The second-order valence-electron chi connectivity index (χ2n) is 5.13. The molecule has 0 N–H and O–H groups in total. The molecule has 100 valence electrons. The van der Waals surface area contributed by atoms with Crippen molar-refractivity contribution in [3.05, 3.63) is 35.4 Å². The summed E-state index contributed by atoms with van der Waals surface area (Å²) in [6, 6.07) is 8.06. The highest BCUT2D eigenvalue weighted by Crippen LogP contribution is 2.12. The Kier molecular flexibility index (Phi) is 7.40. The van der Waals surface area contributed by atoms with Gasteiger partial charge < -0.3 is 0 Å². The minimum atomic E-state index is 0.163. The lowest BCUT2D eigenvalue weighted by Crippen LogP contribution is -1.94. The second kappa shape index (κ2) is 8.91. The maximum absolute atomic E-state index is 11.3. The second-order valence-corrected chi connectivity index (χ2v) is 5.13. The SMILES string of the molecule is CCCCCCCCCc1cccc(C(C)=O)c1. The first kappa shape index (κ1) is 14.9. The number of hydrogen-bond acceptors (Lipinski definition) is 1. The molecule has 0 spiro atoms. The van der Waals surface area contributed by atoms with Gasteiger partial charge in [0.25, 0.3) is 0 Å². The number of benzene rings is 1. The summed E-state index contributed by atoms with van der Waals surface area (Å²) in [6.45, 7) is 3.88. The maximum atomic E-state index is 11.3. The molecule has 0 unspecified atom stereocenters. The number of carbonyl (C=O) groups excluding carboxylic acids is 1. The fraction of sp³-hybridized carbons (Fsp3) is 0.588. The average molecular weight is 246 g/mol. The lowest BCUT2D eigenvalue weighted by atomic mass is 10.0. The van der Waals surface area contributed by atoms with Crippen molar-refractivity contribution in [3.8, 4) is 0 Å². The molecular weight excluding hydrogens is 220 g/mol. The number of Topliss-reactive ketones (excluding diaryl/α,β-unsaturated/α-hetero) is 1. The van der Waals surface area contributed by atoms with Crippen molar-refractivity contribution in [2.75, 3.05) is 0 Å². The van der Waals surface area contributed by atoms with Gasteiger partial charge in [-0.05, 0) is 31.4 Å². The van der Waals surface area contributed by atoms with Crippen molar-refractivity contribution < 1.29 is 4.79 Å². The molecule has 1 nitrogen and oxygen atoms in total. The molecule has 0 aliphatic rings. The zero-order valence-electron chi connectivity index (χ0n) is 11.9. The summed E-state index contributed by atoms with van der Waals surface area (Å²) in [4.78, 5) is 11.3. The van der Waals surface area contributed by atoms with Crippen LogP contribution in [0.3, 0.4) is 0 Å². The van der Waals surface area contributed by atoms with Gasteiger partial charge in [0.15, 0.2) is 5.78 Å². The van der Waals surface area contributed by atoms with Gasteiger partial charge in [-0.1, -0.05) is 63.6 Å². The van der Waals surface area contributed by atoms with Gasteiger partial charge in [-0.15, -0.1) is 0 Å². The molecule has 0 aliphatic carbocycles. The molecule has 1 rings (SSSR count). The Hall–Kier alpha value is -1.11. The van der Waals surface area contributed by atoms with E-state index in [0.29, 0.717) is 0 Å². The highest BCUT2D eigenvalue weighted by Gasteiger charge is 2.00. The van der Waals surface area contributed by atoms with E-state index in [1.54, 1.807) is 6.92 Å². The lowest BCUT2D eigenvalue weighted by Gasteiger charge is -2.04. The van der Waals surface area contributed by atoms with E-state index in [1.807, 2.05) is 18.2 Å². The number of unbranched alkanes of at least 4 members (excludes halogenated alkanes) is 6. The summed E-state index contributed by atoms with van der Waals surface area (Å²) >= 11 is 0. The van der Waals surface area contributed by atoms with Crippen LogP contribution in [0, 0.1) is 0 Å². The molecule has 0 fully saturated rings. The Labute approximate surface area is 112 Å². The molecule has 0 radical (unpaired) electrons. The van der Waals surface area contributed by atoms with Crippen LogP contribution in [0.5, 0.6) is 0 Å². The molecular formula is C17H26O. The van der Waals surface area contributed by atoms with Crippen molar-refractivity contribution in [1.29, 1.82) is 0 Å². The standard InChI is InChI=1S/C17H26O/c1-3-4-5-6-7-8-9-11-16-12-10-13-17(14-16)15(2)18/h10,12-14H,3-9,11H2,1-2H3. The number of aryl methyl sites for hydroxylation is 1. The molecule has 0 bridgehead atoms. The molecule has 0 aromatic heterocycles. The number of carbonyl (C=O) groups is 1. The molecule has 0 saturated heterocycles. The molecule has 0 atom stereocenters. The fourth-order valence-electron chi connectivity index (χ4n) is 2.23. The molecule has 18 heavy (non-hydrogen) atoms. The van der Waals surface area contributed by atoms with Crippen LogP contribution in [0.25, 0.3) is 0 Å². The van der Waals surface area contributed by atoms with Crippen molar-refractivity contribution in [2.45, 2.75) is 65.2 Å². The van der Waals surface area contributed by atoms with Crippen LogP contribution in [0.15, 0.2) is 24.3 Å². The van der Waals surface area contributed by atoms with Gasteiger partial charge in [0, 0.05) is 5.56 Å². The summed E-state index contributed by atoms with van der Waals surface area (Å²) < 4.78 is 0. The Bertz CT molecular complexity index is 354. The molecule has 1 aromatic carbocycles. The van der Waals surface area contributed by atoms with Gasteiger partial charge in [0.1, 0.15) is 0 Å². The van der Waals surface area contributed by atoms with E-state index in [-0.39, 0.29) is 5.78 Å². The van der Waals surface area contributed by atoms with E-state index in [0.717, 1.165) is 12.0 Å². The zero-order chi connectivity index (χ0) is 13.2. The van der Waals surface area contributed by atoms with Crippen molar-refractivity contribution in [2.24, 2.45) is 0 Å². The smallest absolute Gasteiger partial charge is 0.159 e. The van der Waals surface area contributed by atoms with E-state index < -0.39 is 0 Å². The van der Waals surface area contributed by atoms with Gasteiger partial charge in [-0.3, -0.25) is 4.79 Å². The maximum Gasteiger partial charge on any atom is 0.159 e. The van der Waals surface area contributed by atoms with E-state index in [9.17, 15) is 4.79 Å². The zero-order valence-corrected chi connectivity index (χ0v) is 11.9. The number of ketones is 1. The molecule has 0 saturated carbocycles. The first-order valence-corrected chi connectivity index (χ1v) is 7.34. The summed E-state index contributed by atoms with van der Waals surface area (Å²) in [6.07, 6.45) is 10.5. The van der Waals surface area contributed by atoms with Crippen LogP contribution in [0.4, 0.5) is 0 Å². The predicted molar refractivity (Wildman–Crippen MR) is 78.1 cm³/mol. The summed E-state index contributed by atoms with van der Waals surface area (Å²) in [5.74, 6) is 0.163. The van der Waals surface area contributed by atoms with E-state index in [1.165, 1.54) is 50.5 Å². The van der Waals surface area contributed by atoms with Crippen molar-refractivity contribution in [1.82, 2.24) is 0 Å². The molecule has 1 aromatic rings.